The summed E-state index contributed by atoms with van der Waals surface area (Å²) in [4.78, 5) is 19.1. The summed E-state index contributed by atoms with van der Waals surface area (Å²) < 4.78 is 5.99. The maximum Gasteiger partial charge on any atom is 0.263 e. The van der Waals surface area contributed by atoms with Crippen molar-refractivity contribution in [1.82, 2.24) is 9.88 Å². The molecule has 1 aliphatic rings. The van der Waals surface area contributed by atoms with Gasteiger partial charge in [0.1, 0.15) is 5.75 Å². The van der Waals surface area contributed by atoms with E-state index in [1.54, 1.807) is 6.92 Å². The van der Waals surface area contributed by atoms with Gasteiger partial charge in [0, 0.05) is 36.8 Å². The highest BCUT2D eigenvalue weighted by Crippen LogP contribution is 2.33. The van der Waals surface area contributed by atoms with Crippen molar-refractivity contribution in [2.24, 2.45) is 5.73 Å². The van der Waals surface area contributed by atoms with Gasteiger partial charge >= 0.3 is 0 Å². The third-order valence-corrected chi connectivity index (χ3v) is 5.89. The second kappa shape index (κ2) is 8.44. The molecule has 5 nitrogen and oxygen atoms in total. The van der Waals surface area contributed by atoms with Crippen molar-refractivity contribution >= 4 is 16.8 Å². The summed E-state index contributed by atoms with van der Waals surface area (Å²) in [6.45, 7) is 7.41. The van der Waals surface area contributed by atoms with E-state index >= 15 is 0 Å². The van der Waals surface area contributed by atoms with E-state index in [4.69, 9.17) is 10.5 Å². The van der Waals surface area contributed by atoms with E-state index in [0.717, 1.165) is 35.9 Å². The number of aromatic nitrogens is 1. The van der Waals surface area contributed by atoms with Gasteiger partial charge in [0.25, 0.3) is 5.91 Å². The number of nitrogens with two attached hydrogens (primary N) is 1. The number of piperidine rings is 1. The Morgan fingerprint density at radius 3 is 2.70 bits per heavy atom. The number of carbonyl (C=O) groups excluding carboxylic acids is 1. The molecule has 1 aromatic heterocycles. The molecule has 156 valence electrons. The van der Waals surface area contributed by atoms with Gasteiger partial charge in [0.05, 0.1) is 5.52 Å². The quantitative estimate of drug-likeness (QED) is 0.708. The maximum absolute atomic E-state index is 12.8. The molecular weight excluding hydrogens is 374 g/mol. The van der Waals surface area contributed by atoms with Crippen molar-refractivity contribution in [3.63, 3.8) is 0 Å². The molecule has 30 heavy (non-hydrogen) atoms. The molecule has 2 atom stereocenters. The minimum Gasteiger partial charge on any atom is -0.481 e. The number of rotatable bonds is 4. The van der Waals surface area contributed by atoms with E-state index in [2.05, 4.69) is 43.1 Å². The first-order chi connectivity index (χ1) is 14.4. The molecule has 3 aromatic rings. The summed E-state index contributed by atoms with van der Waals surface area (Å²) in [6.07, 6.45) is 3.19. The Morgan fingerprint density at radius 1 is 1.20 bits per heavy atom. The molecule has 4 rings (SSSR count). The molecule has 1 amide bonds. The highest BCUT2D eigenvalue weighted by atomic mass is 16.5. The van der Waals surface area contributed by atoms with E-state index in [1.807, 2.05) is 29.3 Å². The lowest BCUT2D eigenvalue weighted by Crippen LogP contribution is -2.49. The Kier molecular flexibility index (Phi) is 5.73. The number of hydrogen-bond donors (Lipinski definition) is 1. The molecule has 1 fully saturated rings. The van der Waals surface area contributed by atoms with E-state index in [1.165, 1.54) is 16.7 Å². The lowest BCUT2D eigenvalue weighted by Gasteiger charge is -2.32. The zero-order valence-electron chi connectivity index (χ0n) is 17.9. The SMILES string of the molecule is Cc1cccc(C)c1-c1ccnc2cc(OC(C)C(=O)N3CCC[C@@H](N)C3)ccc12. The molecule has 1 aliphatic heterocycles. The van der Waals surface area contributed by atoms with Crippen LogP contribution in [-0.4, -0.2) is 41.0 Å². The molecule has 1 saturated heterocycles. The normalized spacial score (nSPS) is 17.7. The van der Waals surface area contributed by atoms with Gasteiger partial charge < -0.3 is 15.4 Å². The van der Waals surface area contributed by atoms with Crippen LogP contribution in [0, 0.1) is 13.8 Å². The molecule has 1 unspecified atom stereocenters. The number of likely N-dealkylation sites (tertiary alicyclic amines) is 1. The molecule has 2 aromatic carbocycles. The number of amides is 1. The van der Waals surface area contributed by atoms with Crippen LogP contribution in [0.2, 0.25) is 0 Å². The molecule has 0 radical (unpaired) electrons. The number of pyridine rings is 1. The van der Waals surface area contributed by atoms with E-state index in [9.17, 15) is 4.79 Å². The van der Waals surface area contributed by atoms with Crippen molar-refractivity contribution in [3.05, 3.63) is 59.8 Å². The monoisotopic (exact) mass is 403 g/mol. The van der Waals surface area contributed by atoms with Crippen molar-refractivity contribution in [3.8, 4) is 16.9 Å². The first kappa shape index (κ1) is 20.4. The van der Waals surface area contributed by atoms with Gasteiger partial charge in [-0.15, -0.1) is 0 Å². The second-order valence-corrected chi connectivity index (χ2v) is 8.25. The van der Waals surface area contributed by atoms with Crippen LogP contribution in [-0.2, 0) is 4.79 Å². The van der Waals surface area contributed by atoms with Gasteiger partial charge in [0.2, 0.25) is 0 Å². The van der Waals surface area contributed by atoms with Crippen LogP contribution < -0.4 is 10.5 Å². The maximum atomic E-state index is 12.8. The number of benzene rings is 2. The fourth-order valence-corrected chi connectivity index (χ4v) is 4.38. The molecule has 2 heterocycles. The summed E-state index contributed by atoms with van der Waals surface area (Å²) >= 11 is 0. The molecule has 0 aliphatic carbocycles. The molecule has 0 spiro atoms. The zero-order chi connectivity index (χ0) is 21.3. The molecule has 2 N–H and O–H groups in total. The predicted octanol–water partition coefficient (Wildman–Crippen LogP) is 4.24. The van der Waals surface area contributed by atoms with Gasteiger partial charge in [-0.25, -0.2) is 0 Å². The largest absolute Gasteiger partial charge is 0.481 e. The van der Waals surface area contributed by atoms with Gasteiger partial charge in [-0.1, -0.05) is 18.2 Å². The Hall–Kier alpha value is -2.92. The fraction of sp³-hybridized carbons (Fsp3) is 0.360. The number of hydrogen-bond acceptors (Lipinski definition) is 4. The van der Waals surface area contributed by atoms with Crippen LogP contribution in [0.1, 0.15) is 30.9 Å². The summed E-state index contributed by atoms with van der Waals surface area (Å²) in [5.41, 5.74) is 11.7. The lowest BCUT2D eigenvalue weighted by atomic mass is 9.93. The summed E-state index contributed by atoms with van der Waals surface area (Å²) in [7, 11) is 0. The van der Waals surface area contributed by atoms with E-state index < -0.39 is 6.10 Å². The third kappa shape index (κ3) is 4.03. The Morgan fingerprint density at radius 2 is 1.97 bits per heavy atom. The lowest BCUT2D eigenvalue weighted by molar-refractivity contribution is -0.139. The van der Waals surface area contributed by atoms with Gasteiger partial charge in [-0.2, -0.15) is 0 Å². The smallest absolute Gasteiger partial charge is 0.263 e. The zero-order valence-corrected chi connectivity index (χ0v) is 17.9. The van der Waals surface area contributed by atoms with Gasteiger partial charge in [0.15, 0.2) is 6.10 Å². The van der Waals surface area contributed by atoms with Crippen molar-refractivity contribution in [2.45, 2.75) is 45.8 Å². The van der Waals surface area contributed by atoms with Crippen molar-refractivity contribution < 1.29 is 9.53 Å². The number of aryl methyl sites for hydroxylation is 2. The predicted molar refractivity (Wildman–Crippen MR) is 121 cm³/mol. The van der Waals surface area contributed by atoms with Crippen LogP contribution >= 0.6 is 0 Å². The number of carbonyl (C=O) groups is 1. The van der Waals surface area contributed by atoms with Crippen LogP contribution in [0.25, 0.3) is 22.0 Å². The molecule has 0 saturated carbocycles. The van der Waals surface area contributed by atoms with Crippen molar-refractivity contribution in [2.75, 3.05) is 13.1 Å². The van der Waals surface area contributed by atoms with Crippen LogP contribution in [0.5, 0.6) is 5.75 Å². The number of ether oxygens (including phenoxy) is 1. The first-order valence-electron chi connectivity index (χ1n) is 10.6. The Balaban J connectivity index is 1.59. The average molecular weight is 404 g/mol. The first-order valence-corrected chi connectivity index (χ1v) is 10.6. The molecule has 0 bridgehead atoms. The Bertz CT molecular complexity index is 1060. The van der Waals surface area contributed by atoms with E-state index in [0.29, 0.717) is 12.3 Å². The highest BCUT2D eigenvalue weighted by Gasteiger charge is 2.26. The topological polar surface area (TPSA) is 68.5 Å². The minimum absolute atomic E-state index is 0.0116. The highest BCUT2D eigenvalue weighted by molar-refractivity contribution is 5.96. The van der Waals surface area contributed by atoms with Crippen molar-refractivity contribution in [1.29, 1.82) is 0 Å². The van der Waals surface area contributed by atoms with Crippen LogP contribution in [0.3, 0.4) is 0 Å². The van der Waals surface area contributed by atoms with E-state index in [-0.39, 0.29) is 11.9 Å². The standard InChI is InChI=1S/C25H29N3O2/c1-16-6-4-7-17(2)24(16)22-11-12-27-23-14-20(9-10-21(22)23)30-18(3)25(29)28-13-5-8-19(26)15-28/h4,6-7,9-12,14,18-19H,5,8,13,15,26H2,1-3H3/t18?,19-/m1/s1. The second-order valence-electron chi connectivity index (χ2n) is 8.25. The summed E-state index contributed by atoms with van der Waals surface area (Å²) in [6, 6.07) is 14.3. The average Bonchev–Trinajstić information content (AvgIpc) is 2.73. The summed E-state index contributed by atoms with van der Waals surface area (Å²) in [5.74, 6) is 0.637. The minimum atomic E-state index is -0.561. The van der Waals surface area contributed by atoms with Crippen LogP contribution in [0.4, 0.5) is 0 Å². The summed E-state index contributed by atoms with van der Waals surface area (Å²) in [5, 5.41) is 1.07. The number of fused-ring (bicyclic) bond motifs is 1. The van der Waals surface area contributed by atoms with Crippen LogP contribution in [0.15, 0.2) is 48.7 Å². The molecule has 5 heteroatoms. The Labute approximate surface area is 177 Å². The van der Waals surface area contributed by atoms with Gasteiger partial charge in [-0.05, 0) is 74.1 Å². The fourth-order valence-electron chi connectivity index (χ4n) is 4.38. The van der Waals surface area contributed by atoms with Gasteiger partial charge in [-0.3, -0.25) is 9.78 Å². The number of nitrogens with zero attached hydrogens (tertiary/aromatic N) is 2. The third-order valence-electron chi connectivity index (χ3n) is 5.89. The molecular formula is C25H29N3O2.